The van der Waals surface area contributed by atoms with Crippen LogP contribution < -0.4 is 10.1 Å². The molecule has 4 rings (SSSR count). The maximum absolute atomic E-state index is 13.5. The van der Waals surface area contributed by atoms with Gasteiger partial charge in [-0.1, -0.05) is 18.2 Å². The number of nitrogens with zero attached hydrogens (tertiary/aromatic N) is 2. The number of pyridine rings is 1. The number of ether oxygens (including phenoxy) is 2. The highest BCUT2D eigenvalue weighted by Gasteiger charge is 2.23. The fourth-order valence-corrected chi connectivity index (χ4v) is 4.74. The molecule has 8 heteroatoms. The monoisotopic (exact) mass is 485 g/mol. The smallest absolute Gasteiger partial charge is 0.348 e. The van der Waals surface area contributed by atoms with Crippen LogP contribution in [0.15, 0.2) is 54.6 Å². The fourth-order valence-electron chi connectivity index (χ4n) is 3.70. The largest absolute Gasteiger partial charge is 0.494 e. The number of thiophene rings is 1. The van der Waals surface area contributed by atoms with Crippen LogP contribution in [0.5, 0.6) is 5.75 Å². The highest BCUT2D eigenvalue weighted by molar-refractivity contribution is 7.18. The Kier molecular flexibility index (Phi) is 7.09. The second kappa shape index (κ2) is 10.4. The third-order valence-electron chi connectivity index (χ3n) is 5.37. The quantitative estimate of drug-likeness (QED) is 0.324. The number of anilines is 1. The Hall–Kier alpha value is -4.22. The summed E-state index contributed by atoms with van der Waals surface area (Å²) in [4.78, 5) is 30.8. The lowest BCUT2D eigenvalue weighted by Crippen LogP contribution is -2.13. The van der Waals surface area contributed by atoms with Crippen LogP contribution in [0, 0.1) is 18.3 Å². The van der Waals surface area contributed by atoms with E-state index in [1.807, 2.05) is 55.5 Å². The highest BCUT2D eigenvalue weighted by atomic mass is 32.1. The van der Waals surface area contributed by atoms with Gasteiger partial charge in [-0.2, -0.15) is 5.26 Å². The van der Waals surface area contributed by atoms with Gasteiger partial charge in [-0.15, -0.1) is 11.3 Å². The molecule has 0 aliphatic rings. The lowest BCUT2D eigenvalue weighted by molar-refractivity contribution is 0.0531. The first kappa shape index (κ1) is 23.9. The molecule has 0 aliphatic carbocycles. The van der Waals surface area contributed by atoms with Crippen LogP contribution >= 0.6 is 11.3 Å². The van der Waals surface area contributed by atoms with Crippen LogP contribution in [0.25, 0.3) is 22.2 Å². The maximum atomic E-state index is 13.5. The van der Waals surface area contributed by atoms with Crippen LogP contribution in [0.3, 0.4) is 0 Å². The summed E-state index contributed by atoms with van der Waals surface area (Å²) in [5, 5.41) is 13.5. The molecule has 0 unspecified atom stereocenters. The summed E-state index contributed by atoms with van der Waals surface area (Å²) in [6.07, 6.45) is 0. The maximum Gasteiger partial charge on any atom is 0.348 e. The number of benzene rings is 2. The Labute approximate surface area is 206 Å². The molecule has 0 spiro atoms. The van der Waals surface area contributed by atoms with E-state index in [1.54, 1.807) is 19.9 Å². The van der Waals surface area contributed by atoms with Crippen LogP contribution in [0.1, 0.15) is 45.0 Å². The number of hydrogen-bond donors (Lipinski definition) is 1. The van der Waals surface area contributed by atoms with E-state index in [4.69, 9.17) is 14.5 Å². The van der Waals surface area contributed by atoms with E-state index in [-0.39, 0.29) is 12.2 Å². The van der Waals surface area contributed by atoms with Crippen molar-refractivity contribution in [2.75, 3.05) is 18.5 Å². The Morgan fingerprint density at radius 1 is 1.09 bits per heavy atom. The second-order valence-electron chi connectivity index (χ2n) is 7.58. The summed E-state index contributed by atoms with van der Waals surface area (Å²) in [5.74, 6) is -0.160. The third-order valence-corrected chi connectivity index (χ3v) is 6.56. The standard InChI is InChI=1S/C27H23N3O4S/c1-4-33-18-12-10-17(11-13-18)23-14-20(19-8-6-7-9-22(19)29-23)25(31)30-26-21(15-28)16(3)24(35-26)27(32)34-5-2/h6-14H,4-5H2,1-3H3,(H,30,31). The average molecular weight is 486 g/mol. The normalized spacial score (nSPS) is 10.6. The Morgan fingerprint density at radius 2 is 1.83 bits per heavy atom. The van der Waals surface area contributed by atoms with Gasteiger partial charge in [-0.05, 0) is 62.7 Å². The predicted octanol–water partition coefficient (Wildman–Crippen LogP) is 5.97. The van der Waals surface area contributed by atoms with Gasteiger partial charge in [0.1, 0.15) is 21.7 Å². The zero-order chi connectivity index (χ0) is 24.9. The van der Waals surface area contributed by atoms with Crippen molar-refractivity contribution >= 4 is 39.1 Å². The number of nitriles is 1. The number of aromatic nitrogens is 1. The molecule has 0 bridgehead atoms. The number of carbonyl (C=O) groups excluding carboxylic acids is 2. The van der Waals surface area contributed by atoms with E-state index in [0.717, 1.165) is 22.6 Å². The van der Waals surface area contributed by atoms with Crippen LogP contribution in [-0.2, 0) is 4.74 Å². The molecule has 0 radical (unpaired) electrons. The molecular weight excluding hydrogens is 462 g/mol. The summed E-state index contributed by atoms with van der Waals surface area (Å²) in [5.41, 5.74) is 3.28. The summed E-state index contributed by atoms with van der Waals surface area (Å²) in [6, 6.07) is 18.7. The Bertz CT molecular complexity index is 1450. The zero-order valence-corrected chi connectivity index (χ0v) is 20.4. The molecule has 0 saturated carbocycles. The highest BCUT2D eigenvalue weighted by Crippen LogP contribution is 2.34. The molecule has 0 saturated heterocycles. The first-order chi connectivity index (χ1) is 17.0. The van der Waals surface area contributed by atoms with Crippen molar-refractivity contribution in [3.8, 4) is 23.1 Å². The minimum Gasteiger partial charge on any atom is -0.494 e. The average Bonchev–Trinajstić information content (AvgIpc) is 3.18. The minimum absolute atomic E-state index is 0.219. The van der Waals surface area contributed by atoms with E-state index in [1.165, 1.54) is 0 Å². The number of amides is 1. The first-order valence-corrected chi connectivity index (χ1v) is 11.9. The van der Waals surface area contributed by atoms with Gasteiger partial charge in [-0.25, -0.2) is 9.78 Å². The summed E-state index contributed by atoms with van der Waals surface area (Å²) >= 11 is 1.04. The molecule has 35 heavy (non-hydrogen) atoms. The molecule has 1 N–H and O–H groups in total. The number of nitrogens with one attached hydrogen (secondary N) is 1. The van der Waals surface area contributed by atoms with E-state index >= 15 is 0 Å². The molecule has 7 nitrogen and oxygen atoms in total. The summed E-state index contributed by atoms with van der Waals surface area (Å²) in [7, 11) is 0. The van der Waals surface area contributed by atoms with Crippen molar-refractivity contribution in [1.82, 2.24) is 4.98 Å². The van der Waals surface area contributed by atoms with Gasteiger partial charge in [-0.3, -0.25) is 4.79 Å². The SMILES string of the molecule is CCOC(=O)c1sc(NC(=O)c2cc(-c3ccc(OCC)cc3)nc3ccccc23)c(C#N)c1C. The number of hydrogen-bond acceptors (Lipinski definition) is 7. The van der Waals surface area contributed by atoms with Gasteiger partial charge in [0.2, 0.25) is 0 Å². The molecule has 0 fully saturated rings. The van der Waals surface area contributed by atoms with Crippen molar-refractivity contribution < 1.29 is 19.1 Å². The molecule has 1 amide bonds. The van der Waals surface area contributed by atoms with Gasteiger partial charge in [0, 0.05) is 10.9 Å². The van der Waals surface area contributed by atoms with Crippen molar-refractivity contribution in [2.24, 2.45) is 0 Å². The van der Waals surface area contributed by atoms with Gasteiger partial charge >= 0.3 is 5.97 Å². The molecule has 176 valence electrons. The number of fused-ring (bicyclic) bond motifs is 1. The lowest BCUT2D eigenvalue weighted by Gasteiger charge is -2.11. The number of esters is 1. The van der Waals surface area contributed by atoms with E-state index in [2.05, 4.69) is 11.4 Å². The Morgan fingerprint density at radius 3 is 2.51 bits per heavy atom. The number of carbonyl (C=O) groups is 2. The van der Waals surface area contributed by atoms with Gasteiger partial charge in [0.15, 0.2) is 0 Å². The van der Waals surface area contributed by atoms with Crippen LogP contribution in [0.2, 0.25) is 0 Å². The van der Waals surface area contributed by atoms with Crippen molar-refractivity contribution in [1.29, 1.82) is 5.26 Å². The van der Waals surface area contributed by atoms with Crippen molar-refractivity contribution in [3.05, 3.63) is 76.2 Å². The van der Waals surface area contributed by atoms with Crippen molar-refractivity contribution in [2.45, 2.75) is 20.8 Å². The van der Waals surface area contributed by atoms with E-state index in [0.29, 0.717) is 44.2 Å². The van der Waals surface area contributed by atoms with E-state index in [9.17, 15) is 14.9 Å². The van der Waals surface area contributed by atoms with Gasteiger partial charge in [0.25, 0.3) is 5.91 Å². The van der Waals surface area contributed by atoms with Gasteiger partial charge < -0.3 is 14.8 Å². The zero-order valence-electron chi connectivity index (χ0n) is 19.5. The minimum atomic E-state index is -0.515. The Balaban J connectivity index is 1.74. The van der Waals surface area contributed by atoms with Gasteiger partial charge in [0.05, 0.1) is 35.6 Å². The summed E-state index contributed by atoms with van der Waals surface area (Å²) < 4.78 is 10.6. The molecule has 2 aromatic heterocycles. The molecular formula is C27H23N3O4S. The molecule has 4 aromatic rings. The number of para-hydroxylation sites is 1. The second-order valence-corrected chi connectivity index (χ2v) is 8.60. The molecule has 0 atom stereocenters. The van der Waals surface area contributed by atoms with Crippen LogP contribution in [0.4, 0.5) is 5.00 Å². The van der Waals surface area contributed by atoms with Crippen molar-refractivity contribution in [3.63, 3.8) is 0 Å². The topological polar surface area (TPSA) is 101 Å². The van der Waals surface area contributed by atoms with E-state index < -0.39 is 11.9 Å². The molecule has 2 heterocycles. The lowest BCUT2D eigenvalue weighted by atomic mass is 10.0. The fraction of sp³-hybridized carbons (Fsp3) is 0.185. The number of rotatable bonds is 7. The first-order valence-electron chi connectivity index (χ1n) is 11.1. The predicted molar refractivity (Wildman–Crippen MR) is 136 cm³/mol. The van der Waals surface area contributed by atoms with Crippen LogP contribution in [-0.4, -0.2) is 30.1 Å². The third kappa shape index (κ3) is 4.86. The molecule has 0 aliphatic heterocycles. The summed E-state index contributed by atoms with van der Waals surface area (Å²) in [6.45, 7) is 6.10. The molecule has 2 aromatic carbocycles.